The molecule has 0 aliphatic rings. The Labute approximate surface area is 139 Å². The lowest BCUT2D eigenvalue weighted by Gasteiger charge is -2.05. The second-order valence-electron chi connectivity index (χ2n) is 4.57. The lowest BCUT2D eigenvalue weighted by Crippen LogP contribution is -2.11. The molecule has 0 spiro atoms. The first kappa shape index (κ1) is 15.1. The number of thioether (sulfide) groups is 1. The molecule has 4 nitrogen and oxygen atoms in total. The van der Waals surface area contributed by atoms with Crippen LogP contribution in [0.25, 0.3) is 11.4 Å². The second-order valence-corrected chi connectivity index (χ2v) is 6.36. The summed E-state index contributed by atoms with van der Waals surface area (Å²) in [5, 5.41) is 8.85. The molecular weight excluding hydrogens is 367 g/mol. The molecule has 2 N–H and O–H groups in total. The largest absolute Gasteiger partial charge is 0.335 e. The van der Waals surface area contributed by atoms with Gasteiger partial charge in [0.25, 0.3) is 0 Å². The third-order valence-corrected chi connectivity index (χ3v) is 4.80. The van der Waals surface area contributed by atoms with Crippen molar-refractivity contribution < 1.29 is 4.39 Å². The zero-order valence-electron chi connectivity index (χ0n) is 11.4. The van der Waals surface area contributed by atoms with E-state index in [9.17, 15) is 4.39 Å². The van der Waals surface area contributed by atoms with E-state index in [4.69, 9.17) is 5.84 Å². The lowest BCUT2D eigenvalue weighted by atomic mass is 10.2. The van der Waals surface area contributed by atoms with E-state index in [2.05, 4.69) is 26.1 Å². The highest BCUT2D eigenvalue weighted by Crippen LogP contribution is 2.27. The van der Waals surface area contributed by atoms with Gasteiger partial charge >= 0.3 is 0 Å². The molecule has 3 rings (SSSR count). The summed E-state index contributed by atoms with van der Waals surface area (Å²) in [5.74, 6) is 7.02. The minimum atomic E-state index is -0.269. The van der Waals surface area contributed by atoms with Crippen molar-refractivity contribution in [1.29, 1.82) is 0 Å². The number of benzene rings is 2. The summed E-state index contributed by atoms with van der Waals surface area (Å²) >= 11 is 4.80. The molecule has 0 unspecified atom stereocenters. The molecule has 0 radical (unpaired) electrons. The molecule has 2 aromatic carbocycles. The van der Waals surface area contributed by atoms with E-state index in [1.54, 1.807) is 6.07 Å². The minimum absolute atomic E-state index is 0.269. The van der Waals surface area contributed by atoms with Gasteiger partial charge in [-0.2, -0.15) is 0 Å². The van der Waals surface area contributed by atoms with Crippen LogP contribution < -0.4 is 5.84 Å². The summed E-state index contributed by atoms with van der Waals surface area (Å²) in [6.45, 7) is 0. The van der Waals surface area contributed by atoms with Crippen LogP contribution >= 0.6 is 27.7 Å². The van der Waals surface area contributed by atoms with Gasteiger partial charge in [0.2, 0.25) is 5.16 Å². The van der Waals surface area contributed by atoms with Crippen LogP contribution in [0.3, 0.4) is 0 Å². The Bertz CT molecular complexity index is 791. The smallest absolute Gasteiger partial charge is 0.210 e. The molecule has 112 valence electrons. The van der Waals surface area contributed by atoms with Crippen LogP contribution in [0, 0.1) is 5.82 Å². The van der Waals surface area contributed by atoms with E-state index >= 15 is 0 Å². The van der Waals surface area contributed by atoms with Gasteiger partial charge in [0.1, 0.15) is 5.82 Å². The van der Waals surface area contributed by atoms with Crippen LogP contribution in [0.4, 0.5) is 4.39 Å². The third-order valence-electron chi connectivity index (χ3n) is 3.07. The molecule has 0 aliphatic carbocycles. The molecule has 0 atom stereocenters. The van der Waals surface area contributed by atoms with E-state index in [-0.39, 0.29) is 5.82 Å². The average Bonchev–Trinajstić information content (AvgIpc) is 2.88. The van der Waals surface area contributed by atoms with Gasteiger partial charge in [0, 0.05) is 15.8 Å². The maximum Gasteiger partial charge on any atom is 0.210 e. The van der Waals surface area contributed by atoms with E-state index in [0.29, 0.717) is 16.7 Å². The Balaban J connectivity index is 1.78. The van der Waals surface area contributed by atoms with Crippen molar-refractivity contribution in [1.82, 2.24) is 14.9 Å². The van der Waals surface area contributed by atoms with Crippen LogP contribution in [0.2, 0.25) is 0 Å². The lowest BCUT2D eigenvalue weighted by molar-refractivity contribution is 0.626. The summed E-state index contributed by atoms with van der Waals surface area (Å²) in [4.78, 5) is 0. The van der Waals surface area contributed by atoms with Crippen LogP contribution in [-0.2, 0) is 5.75 Å². The standard InChI is InChI=1S/C15H12BrFN4S/c16-13-8-12(17)7-6-11(13)9-22-15-20-19-14(21(15)18)10-4-2-1-3-5-10/h1-8H,9,18H2. The number of nitrogen functional groups attached to an aromatic ring is 1. The fourth-order valence-electron chi connectivity index (χ4n) is 1.94. The normalized spacial score (nSPS) is 10.8. The molecule has 0 saturated heterocycles. The number of halogens is 2. The van der Waals surface area contributed by atoms with E-state index in [1.807, 2.05) is 30.3 Å². The molecule has 1 aromatic heterocycles. The zero-order valence-corrected chi connectivity index (χ0v) is 13.8. The Morgan fingerprint density at radius 2 is 1.91 bits per heavy atom. The number of hydrogen-bond acceptors (Lipinski definition) is 4. The van der Waals surface area contributed by atoms with Crippen molar-refractivity contribution in [3.8, 4) is 11.4 Å². The number of rotatable bonds is 4. The number of aromatic nitrogens is 3. The van der Waals surface area contributed by atoms with Crippen molar-refractivity contribution in [3.05, 3.63) is 64.4 Å². The Morgan fingerprint density at radius 1 is 1.14 bits per heavy atom. The molecule has 0 saturated carbocycles. The van der Waals surface area contributed by atoms with Crippen molar-refractivity contribution >= 4 is 27.7 Å². The first-order chi connectivity index (χ1) is 10.6. The highest BCUT2D eigenvalue weighted by molar-refractivity contribution is 9.10. The van der Waals surface area contributed by atoms with Gasteiger partial charge in [-0.3, -0.25) is 0 Å². The van der Waals surface area contributed by atoms with Crippen molar-refractivity contribution in [3.63, 3.8) is 0 Å². The van der Waals surface area contributed by atoms with E-state index in [1.165, 1.54) is 28.6 Å². The first-order valence-corrected chi connectivity index (χ1v) is 8.25. The highest BCUT2D eigenvalue weighted by atomic mass is 79.9. The molecule has 7 heteroatoms. The van der Waals surface area contributed by atoms with Gasteiger partial charge < -0.3 is 5.84 Å². The summed E-state index contributed by atoms with van der Waals surface area (Å²) in [7, 11) is 0. The maximum absolute atomic E-state index is 13.1. The van der Waals surface area contributed by atoms with E-state index < -0.39 is 0 Å². The molecule has 0 fully saturated rings. The van der Waals surface area contributed by atoms with Gasteiger partial charge in [-0.1, -0.05) is 64.1 Å². The van der Waals surface area contributed by atoms with Gasteiger partial charge in [0.05, 0.1) is 0 Å². The van der Waals surface area contributed by atoms with Crippen LogP contribution in [0.1, 0.15) is 5.56 Å². The maximum atomic E-state index is 13.1. The fourth-order valence-corrected chi connectivity index (χ4v) is 3.48. The minimum Gasteiger partial charge on any atom is -0.335 e. The van der Waals surface area contributed by atoms with Crippen LogP contribution in [-0.4, -0.2) is 14.9 Å². The van der Waals surface area contributed by atoms with Crippen LogP contribution in [0.15, 0.2) is 58.2 Å². The van der Waals surface area contributed by atoms with Crippen molar-refractivity contribution in [2.24, 2.45) is 0 Å². The zero-order chi connectivity index (χ0) is 15.5. The summed E-state index contributed by atoms with van der Waals surface area (Å²) in [6.07, 6.45) is 0. The fraction of sp³-hybridized carbons (Fsp3) is 0.0667. The summed E-state index contributed by atoms with van der Waals surface area (Å²) in [5.41, 5.74) is 1.88. The van der Waals surface area contributed by atoms with Crippen molar-refractivity contribution in [2.75, 3.05) is 5.84 Å². The van der Waals surface area contributed by atoms with Gasteiger partial charge in [-0.25, -0.2) is 9.07 Å². The number of nitrogens with zero attached hydrogens (tertiary/aromatic N) is 3. The SMILES string of the molecule is Nn1c(SCc2ccc(F)cc2Br)nnc1-c1ccccc1. The van der Waals surface area contributed by atoms with Crippen LogP contribution in [0.5, 0.6) is 0 Å². The monoisotopic (exact) mass is 378 g/mol. The Hall–Kier alpha value is -1.86. The summed E-state index contributed by atoms with van der Waals surface area (Å²) < 4.78 is 15.3. The quantitative estimate of drug-likeness (QED) is 0.553. The molecule has 0 bridgehead atoms. The highest BCUT2D eigenvalue weighted by Gasteiger charge is 2.12. The molecule has 1 heterocycles. The number of hydrogen-bond donors (Lipinski definition) is 1. The molecule has 3 aromatic rings. The topological polar surface area (TPSA) is 56.7 Å². The molecule has 22 heavy (non-hydrogen) atoms. The molecule has 0 amide bonds. The summed E-state index contributed by atoms with van der Waals surface area (Å²) in [6, 6.07) is 14.3. The second kappa shape index (κ2) is 6.50. The predicted molar refractivity (Wildman–Crippen MR) is 89.3 cm³/mol. The van der Waals surface area contributed by atoms with Gasteiger partial charge in [0.15, 0.2) is 5.82 Å². The van der Waals surface area contributed by atoms with Gasteiger partial charge in [-0.05, 0) is 17.7 Å². The number of nitrogens with two attached hydrogens (primary N) is 1. The van der Waals surface area contributed by atoms with E-state index in [0.717, 1.165) is 15.6 Å². The van der Waals surface area contributed by atoms with Gasteiger partial charge in [-0.15, -0.1) is 10.2 Å². The predicted octanol–water partition coefficient (Wildman–Crippen LogP) is 3.85. The Morgan fingerprint density at radius 3 is 2.64 bits per heavy atom. The average molecular weight is 379 g/mol. The molecule has 0 aliphatic heterocycles. The van der Waals surface area contributed by atoms with Crippen molar-refractivity contribution in [2.45, 2.75) is 10.9 Å². The first-order valence-electron chi connectivity index (χ1n) is 6.48. The molecular formula is C15H12BrFN4S. The third kappa shape index (κ3) is 3.15. The Kier molecular flexibility index (Phi) is 4.44.